The van der Waals surface area contributed by atoms with Crippen LogP contribution in [0.3, 0.4) is 0 Å². The number of thiol groups is 1. The number of hydrogen-bond donors (Lipinski definition) is 1. The monoisotopic (exact) mass is 188 g/mol. The molecule has 72 valence electrons. The van der Waals surface area contributed by atoms with E-state index < -0.39 is 0 Å². The molecule has 0 spiro atoms. The maximum absolute atomic E-state index is 4.24. The van der Waals surface area contributed by atoms with Gasteiger partial charge in [-0.15, -0.1) is 0 Å². The highest BCUT2D eigenvalue weighted by Gasteiger charge is 2.17. The summed E-state index contributed by atoms with van der Waals surface area (Å²) in [5.41, 5.74) is 0. The van der Waals surface area contributed by atoms with E-state index in [0.29, 0.717) is 6.04 Å². The van der Waals surface area contributed by atoms with Gasteiger partial charge in [-0.05, 0) is 13.8 Å². The van der Waals surface area contributed by atoms with E-state index in [1.165, 1.54) is 26.2 Å². The normalized spacial score (nSPS) is 22.0. The number of nitrogens with zero attached hydrogens (tertiary/aromatic N) is 2. The minimum Gasteiger partial charge on any atom is -0.300 e. The van der Waals surface area contributed by atoms with Crippen molar-refractivity contribution in [1.29, 1.82) is 0 Å². The quantitative estimate of drug-likeness (QED) is 0.659. The first kappa shape index (κ1) is 10.4. The highest BCUT2D eigenvalue weighted by Crippen LogP contribution is 2.05. The van der Waals surface area contributed by atoms with E-state index in [-0.39, 0.29) is 0 Å². The number of rotatable bonds is 3. The van der Waals surface area contributed by atoms with Crippen molar-refractivity contribution in [2.45, 2.75) is 19.9 Å². The zero-order valence-electron chi connectivity index (χ0n) is 8.16. The summed E-state index contributed by atoms with van der Waals surface area (Å²) >= 11 is 4.24. The Bertz CT molecular complexity index is 120. The molecule has 2 nitrogen and oxygen atoms in total. The first-order valence-electron chi connectivity index (χ1n) is 4.81. The first-order valence-corrected chi connectivity index (χ1v) is 5.44. The van der Waals surface area contributed by atoms with Crippen molar-refractivity contribution in [3.8, 4) is 0 Å². The van der Waals surface area contributed by atoms with Crippen LogP contribution in [0.2, 0.25) is 0 Å². The van der Waals surface area contributed by atoms with Gasteiger partial charge in [-0.2, -0.15) is 12.6 Å². The third-order valence-electron chi connectivity index (χ3n) is 2.55. The van der Waals surface area contributed by atoms with E-state index in [2.05, 4.69) is 36.3 Å². The highest BCUT2D eigenvalue weighted by atomic mass is 32.1. The van der Waals surface area contributed by atoms with Crippen molar-refractivity contribution >= 4 is 12.6 Å². The smallest absolute Gasteiger partial charge is 0.0113 e. The molecule has 0 aromatic heterocycles. The maximum atomic E-state index is 4.24. The fourth-order valence-electron chi connectivity index (χ4n) is 1.64. The molecule has 0 amide bonds. The summed E-state index contributed by atoms with van der Waals surface area (Å²) in [6.45, 7) is 10.6. The van der Waals surface area contributed by atoms with Gasteiger partial charge in [-0.3, -0.25) is 9.80 Å². The summed E-state index contributed by atoms with van der Waals surface area (Å²) in [6, 6.07) is 0.711. The molecule has 0 N–H and O–H groups in total. The Morgan fingerprint density at radius 3 is 2.17 bits per heavy atom. The number of hydrogen-bond acceptors (Lipinski definition) is 3. The molecule has 1 heterocycles. The minimum atomic E-state index is 0.711. The van der Waals surface area contributed by atoms with Crippen molar-refractivity contribution in [2.24, 2.45) is 0 Å². The molecule has 0 aromatic rings. The van der Waals surface area contributed by atoms with Gasteiger partial charge in [-0.25, -0.2) is 0 Å². The predicted octanol–water partition coefficient (Wildman–Crippen LogP) is 0.942. The van der Waals surface area contributed by atoms with Crippen LogP contribution >= 0.6 is 12.6 Å². The summed E-state index contributed by atoms with van der Waals surface area (Å²) < 4.78 is 0. The van der Waals surface area contributed by atoms with Crippen molar-refractivity contribution in [2.75, 3.05) is 38.5 Å². The molecule has 12 heavy (non-hydrogen) atoms. The largest absolute Gasteiger partial charge is 0.300 e. The average Bonchev–Trinajstić information content (AvgIpc) is 2.06. The van der Waals surface area contributed by atoms with Gasteiger partial charge in [0.25, 0.3) is 0 Å². The SMILES string of the molecule is CC(C)N1CCN(CCS)CC1. The Kier molecular flexibility index (Phi) is 4.40. The molecular weight excluding hydrogens is 168 g/mol. The summed E-state index contributed by atoms with van der Waals surface area (Å²) in [5.74, 6) is 0.988. The fraction of sp³-hybridized carbons (Fsp3) is 1.00. The molecule has 1 saturated heterocycles. The highest BCUT2D eigenvalue weighted by molar-refractivity contribution is 7.80. The van der Waals surface area contributed by atoms with Crippen LogP contribution in [0, 0.1) is 0 Å². The molecule has 0 atom stereocenters. The lowest BCUT2D eigenvalue weighted by Gasteiger charge is -2.36. The third kappa shape index (κ3) is 2.96. The van der Waals surface area contributed by atoms with Crippen LogP contribution < -0.4 is 0 Å². The van der Waals surface area contributed by atoms with Crippen molar-refractivity contribution in [3.63, 3.8) is 0 Å². The lowest BCUT2D eigenvalue weighted by Crippen LogP contribution is -2.49. The van der Waals surface area contributed by atoms with Crippen LogP contribution in [-0.2, 0) is 0 Å². The molecule has 1 fully saturated rings. The zero-order valence-corrected chi connectivity index (χ0v) is 9.06. The van der Waals surface area contributed by atoms with Crippen molar-refractivity contribution in [1.82, 2.24) is 9.80 Å². The molecule has 0 aromatic carbocycles. The van der Waals surface area contributed by atoms with Crippen LogP contribution in [0.4, 0.5) is 0 Å². The Hall–Kier alpha value is 0.270. The van der Waals surface area contributed by atoms with Crippen molar-refractivity contribution < 1.29 is 0 Å². The van der Waals surface area contributed by atoms with Gasteiger partial charge in [0.1, 0.15) is 0 Å². The number of piperazine rings is 1. The van der Waals surface area contributed by atoms with Crippen LogP contribution in [0.25, 0.3) is 0 Å². The summed E-state index contributed by atoms with van der Waals surface area (Å²) in [6.07, 6.45) is 0. The van der Waals surface area contributed by atoms with E-state index >= 15 is 0 Å². The molecule has 1 aliphatic rings. The Morgan fingerprint density at radius 1 is 1.17 bits per heavy atom. The Balaban J connectivity index is 2.20. The lowest BCUT2D eigenvalue weighted by atomic mass is 10.2. The fourth-order valence-corrected chi connectivity index (χ4v) is 1.93. The zero-order chi connectivity index (χ0) is 8.97. The Morgan fingerprint density at radius 2 is 1.75 bits per heavy atom. The van der Waals surface area contributed by atoms with Crippen LogP contribution in [0.1, 0.15) is 13.8 Å². The van der Waals surface area contributed by atoms with E-state index in [0.717, 1.165) is 12.3 Å². The molecule has 1 aliphatic heterocycles. The first-order chi connectivity index (χ1) is 5.74. The van der Waals surface area contributed by atoms with Crippen LogP contribution in [0.15, 0.2) is 0 Å². The molecule has 3 heteroatoms. The predicted molar refractivity (Wildman–Crippen MR) is 57.0 cm³/mol. The van der Waals surface area contributed by atoms with Gasteiger partial charge < -0.3 is 0 Å². The summed E-state index contributed by atoms with van der Waals surface area (Å²) in [5, 5.41) is 0. The lowest BCUT2D eigenvalue weighted by molar-refractivity contribution is 0.113. The van der Waals surface area contributed by atoms with Crippen molar-refractivity contribution in [3.05, 3.63) is 0 Å². The molecule has 0 bridgehead atoms. The van der Waals surface area contributed by atoms with E-state index in [1.54, 1.807) is 0 Å². The van der Waals surface area contributed by atoms with Crippen LogP contribution in [0.5, 0.6) is 0 Å². The third-order valence-corrected chi connectivity index (χ3v) is 2.75. The molecule has 0 saturated carbocycles. The maximum Gasteiger partial charge on any atom is 0.0113 e. The van der Waals surface area contributed by atoms with Gasteiger partial charge in [0.05, 0.1) is 0 Å². The molecule has 0 aliphatic carbocycles. The van der Waals surface area contributed by atoms with Gasteiger partial charge in [-0.1, -0.05) is 0 Å². The topological polar surface area (TPSA) is 6.48 Å². The van der Waals surface area contributed by atoms with E-state index in [1.807, 2.05) is 0 Å². The standard InChI is InChI=1S/C9H20N2S/c1-9(2)11-5-3-10(4-6-11)7-8-12/h9,12H,3-8H2,1-2H3. The van der Waals surface area contributed by atoms with E-state index in [4.69, 9.17) is 0 Å². The summed E-state index contributed by atoms with van der Waals surface area (Å²) in [7, 11) is 0. The molecule has 0 radical (unpaired) electrons. The van der Waals surface area contributed by atoms with Gasteiger partial charge >= 0.3 is 0 Å². The van der Waals surface area contributed by atoms with E-state index in [9.17, 15) is 0 Å². The van der Waals surface area contributed by atoms with Gasteiger partial charge in [0.15, 0.2) is 0 Å². The molecule has 1 rings (SSSR count). The van der Waals surface area contributed by atoms with Gasteiger partial charge in [0.2, 0.25) is 0 Å². The average molecular weight is 188 g/mol. The Labute approximate surface area is 81.3 Å². The second kappa shape index (κ2) is 5.10. The second-order valence-electron chi connectivity index (χ2n) is 3.69. The van der Waals surface area contributed by atoms with Crippen LogP contribution in [-0.4, -0.2) is 54.3 Å². The van der Waals surface area contributed by atoms with Gasteiger partial charge in [0, 0.05) is 44.5 Å². The molecular formula is C9H20N2S. The second-order valence-corrected chi connectivity index (χ2v) is 4.14. The summed E-state index contributed by atoms with van der Waals surface area (Å²) in [4.78, 5) is 5.03. The molecule has 0 unspecified atom stereocenters. The minimum absolute atomic E-state index is 0.711.